The SMILES string of the molecule is Cc1ccc(N2C(=O)[C@@H]3C4c5ccccc5C(/C=N\NC(=O)c5ccc(C)o5)(c5ccccc54)[C@@H]3C2=O)c([N+](=O)[O-])c1. The van der Waals surface area contributed by atoms with E-state index in [0.717, 1.165) is 27.2 Å². The van der Waals surface area contributed by atoms with E-state index in [2.05, 4.69) is 10.5 Å². The monoisotopic (exact) mass is 560 g/mol. The van der Waals surface area contributed by atoms with E-state index < -0.39 is 45.8 Å². The van der Waals surface area contributed by atoms with Crippen LogP contribution in [0.4, 0.5) is 11.4 Å². The van der Waals surface area contributed by atoms with Gasteiger partial charge in [-0.05, 0) is 59.9 Å². The molecule has 0 unspecified atom stereocenters. The van der Waals surface area contributed by atoms with E-state index in [-0.39, 0.29) is 17.1 Å². The maximum atomic E-state index is 14.5. The fourth-order valence-corrected chi connectivity index (χ4v) is 7.06. The molecule has 1 N–H and O–H groups in total. The number of nitrogens with one attached hydrogen (secondary N) is 1. The van der Waals surface area contributed by atoms with Crippen molar-refractivity contribution in [2.24, 2.45) is 16.9 Å². The van der Waals surface area contributed by atoms with Crippen LogP contribution in [0.3, 0.4) is 0 Å². The van der Waals surface area contributed by atoms with Crippen molar-refractivity contribution < 1.29 is 23.7 Å². The van der Waals surface area contributed by atoms with Crippen LogP contribution in [0.25, 0.3) is 0 Å². The molecule has 1 aliphatic heterocycles. The highest BCUT2D eigenvalue weighted by Crippen LogP contribution is 2.64. The Kier molecular flexibility index (Phi) is 5.52. The maximum Gasteiger partial charge on any atom is 0.307 e. The van der Waals surface area contributed by atoms with Crippen LogP contribution >= 0.6 is 0 Å². The smallest absolute Gasteiger partial charge is 0.307 e. The molecule has 0 spiro atoms. The van der Waals surface area contributed by atoms with Gasteiger partial charge in [-0.2, -0.15) is 5.10 Å². The normalized spacial score (nSPS) is 23.6. The largest absolute Gasteiger partial charge is 0.456 e. The van der Waals surface area contributed by atoms with Gasteiger partial charge in [0.05, 0.1) is 22.2 Å². The third kappa shape index (κ3) is 3.38. The number of rotatable bonds is 5. The molecular weight excluding hydrogens is 536 g/mol. The highest BCUT2D eigenvalue weighted by atomic mass is 16.6. The van der Waals surface area contributed by atoms with Gasteiger partial charge in [-0.1, -0.05) is 54.6 Å². The molecule has 2 bridgehead atoms. The van der Waals surface area contributed by atoms with Gasteiger partial charge in [-0.3, -0.25) is 24.5 Å². The molecule has 3 aromatic carbocycles. The number of benzene rings is 3. The second kappa shape index (κ2) is 9.07. The van der Waals surface area contributed by atoms with Crippen LogP contribution in [0.5, 0.6) is 0 Å². The Labute approximate surface area is 239 Å². The number of hydrogen-bond acceptors (Lipinski definition) is 7. The summed E-state index contributed by atoms with van der Waals surface area (Å²) in [5, 5.41) is 16.4. The van der Waals surface area contributed by atoms with E-state index in [0.29, 0.717) is 11.3 Å². The predicted octanol–water partition coefficient (Wildman–Crippen LogP) is 4.77. The topological polar surface area (TPSA) is 135 Å². The van der Waals surface area contributed by atoms with E-state index in [1.165, 1.54) is 24.4 Å². The zero-order valence-corrected chi connectivity index (χ0v) is 22.6. The number of anilines is 1. The zero-order valence-electron chi connectivity index (χ0n) is 22.6. The lowest BCUT2D eigenvalue weighted by Gasteiger charge is -2.52. The van der Waals surface area contributed by atoms with Crippen molar-refractivity contribution in [3.8, 4) is 0 Å². The number of nitro groups is 1. The third-order valence-electron chi connectivity index (χ3n) is 8.65. The van der Waals surface area contributed by atoms with Gasteiger partial charge in [0.25, 0.3) is 5.69 Å². The van der Waals surface area contributed by atoms with Gasteiger partial charge in [0, 0.05) is 18.2 Å². The summed E-state index contributed by atoms with van der Waals surface area (Å²) in [6, 6.07) is 22.8. The number of aryl methyl sites for hydroxylation is 2. The van der Waals surface area contributed by atoms with Crippen LogP contribution in [-0.2, 0) is 15.0 Å². The highest BCUT2D eigenvalue weighted by Gasteiger charge is 2.68. The molecule has 3 amide bonds. The molecule has 4 aromatic rings. The van der Waals surface area contributed by atoms with Crippen LogP contribution in [-0.4, -0.2) is 28.9 Å². The molecule has 2 atom stereocenters. The molecule has 42 heavy (non-hydrogen) atoms. The second-order valence-corrected chi connectivity index (χ2v) is 10.9. The Morgan fingerprint density at radius 3 is 2.26 bits per heavy atom. The van der Waals surface area contributed by atoms with Gasteiger partial charge >= 0.3 is 5.91 Å². The second-order valence-electron chi connectivity index (χ2n) is 10.9. The minimum Gasteiger partial charge on any atom is -0.456 e. The van der Waals surface area contributed by atoms with Crippen molar-refractivity contribution in [2.45, 2.75) is 25.2 Å². The predicted molar refractivity (Wildman–Crippen MR) is 152 cm³/mol. The van der Waals surface area contributed by atoms with Gasteiger partial charge in [0.15, 0.2) is 5.76 Å². The average Bonchev–Trinajstić information content (AvgIpc) is 3.54. The molecule has 1 aromatic heterocycles. The number of imide groups is 1. The molecule has 10 nitrogen and oxygen atoms in total. The van der Waals surface area contributed by atoms with E-state index >= 15 is 0 Å². The number of furan rings is 1. The molecule has 8 rings (SSSR count). The number of nitrogens with zero attached hydrogens (tertiary/aromatic N) is 3. The van der Waals surface area contributed by atoms with Gasteiger partial charge in [0.1, 0.15) is 11.4 Å². The molecule has 208 valence electrons. The van der Waals surface area contributed by atoms with E-state index in [1.54, 1.807) is 26.0 Å². The third-order valence-corrected chi connectivity index (χ3v) is 8.65. The summed E-state index contributed by atoms with van der Waals surface area (Å²) in [5.41, 5.74) is 4.87. The van der Waals surface area contributed by atoms with Crippen molar-refractivity contribution in [3.63, 3.8) is 0 Å². The molecule has 0 saturated carbocycles. The molecule has 0 radical (unpaired) electrons. The fourth-order valence-electron chi connectivity index (χ4n) is 7.06. The number of hydrazone groups is 1. The number of hydrogen-bond donors (Lipinski definition) is 1. The van der Waals surface area contributed by atoms with E-state index in [4.69, 9.17) is 4.42 Å². The first-order valence-electron chi connectivity index (χ1n) is 13.5. The molecule has 3 aliphatic carbocycles. The molecule has 4 aliphatic rings. The highest BCUT2D eigenvalue weighted by molar-refractivity contribution is 6.25. The Bertz CT molecular complexity index is 1830. The van der Waals surface area contributed by atoms with E-state index in [9.17, 15) is 24.5 Å². The van der Waals surface area contributed by atoms with Crippen LogP contribution in [0.2, 0.25) is 0 Å². The Hall–Kier alpha value is -5.38. The Morgan fingerprint density at radius 1 is 0.976 bits per heavy atom. The van der Waals surface area contributed by atoms with Crippen molar-refractivity contribution in [3.05, 3.63) is 128 Å². The average molecular weight is 561 g/mol. The van der Waals surface area contributed by atoms with Gasteiger partial charge in [-0.15, -0.1) is 0 Å². The summed E-state index contributed by atoms with van der Waals surface area (Å²) in [6.45, 7) is 3.43. The summed E-state index contributed by atoms with van der Waals surface area (Å²) >= 11 is 0. The standard InChI is InChI=1S/C32H24N4O6/c1-17-11-13-23(24(15-17)36(40)41)35-30(38)27-26-19-7-3-5-9-21(19)32(28(27)31(35)39,22-10-6-4-8-20(22)26)16-33-34-29(37)25-14-12-18(2)42-25/h3-16,26-28H,1-2H3,(H,34,37)/b33-16-/t26?,27-,28+,32?/m1/s1. The first kappa shape index (κ1) is 25.6. The zero-order chi connectivity index (χ0) is 29.3. The lowest BCUT2D eigenvalue weighted by Crippen LogP contribution is -2.54. The summed E-state index contributed by atoms with van der Waals surface area (Å²) in [7, 11) is 0. The molecule has 1 fully saturated rings. The Balaban J connectivity index is 1.42. The number of amides is 3. The summed E-state index contributed by atoms with van der Waals surface area (Å²) in [6.07, 6.45) is 1.53. The lowest BCUT2D eigenvalue weighted by molar-refractivity contribution is -0.384. The van der Waals surface area contributed by atoms with Crippen LogP contribution in [0, 0.1) is 35.8 Å². The van der Waals surface area contributed by atoms with Gasteiger partial charge in [0.2, 0.25) is 11.8 Å². The summed E-state index contributed by atoms with van der Waals surface area (Å²) in [4.78, 5) is 54.0. The van der Waals surface area contributed by atoms with Crippen molar-refractivity contribution in [1.82, 2.24) is 5.43 Å². The fraction of sp³-hybridized carbons (Fsp3) is 0.188. The van der Waals surface area contributed by atoms with Crippen LogP contribution in [0.1, 0.15) is 50.1 Å². The van der Waals surface area contributed by atoms with Crippen molar-refractivity contribution >= 4 is 35.3 Å². The molecule has 1 saturated heterocycles. The number of carbonyl (C=O) groups excluding carboxylic acids is 3. The number of carbonyl (C=O) groups is 3. The maximum absolute atomic E-state index is 14.5. The first-order chi connectivity index (χ1) is 20.2. The van der Waals surface area contributed by atoms with Crippen LogP contribution in [0.15, 0.2) is 88.4 Å². The summed E-state index contributed by atoms with van der Waals surface area (Å²) in [5.74, 6) is -3.19. The minimum atomic E-state index is -1.24. The molecule has 10 heteroatoms. The van der Waals surface area contributed by atoms with Crippen LogP contribution < -0.4 is 10.3 Å². The first-order valence-corrected chi connectivity index (χ1v) is 13.5. The summed E-state index contributed by atoms with van der Waals surface area (Å²) < 4.78 is 5.42. The van der Waals surface area contributed by atoms with Crippen molar-refractivity contribution in [1.29, 1.82) is 0 Å². The lowest BCUT2D eigenvalue weighted by atomic mass is 9.47. The van der Waals surface area contributed by atoms with Crippen molar-refractivity contribution in [2.75, 3.05) is 4.90 Å². The molecular formula is C32H24N4O6. The number of nitro benzene ring substituents is 1. The van der Waals surface area contributed by atoms with Gasteiger partial charge in [-0.25, -0.2) is 10.3 Å². The quantitative estimate of drug-likeness (QED) is 0.162. The molecule has 2 heterocycles. The van der Waals surface area contributed by atoms with E-state index in [1.807, 2.05) is 48.5 Å². The van der Waals surface area contributed by atoms with Gasteiger partial charge < -0.3 is 4.42 Å². The minimum absolute atomic E-state index is 0.0592. The Morgan fingerprint density at radius 2 is 1.64 bits per heavy atom.